The van der Waals surface area contributed by atoms with E-state index in [9.17, 15) is 0 Å². The van der Waals surface area contributed by atoms with Gasteiger partial charge in [-0.25, -0.2) is 0 Å². The van der Waals surface area contributed by atoms with E-state index in [0.29, 0.717) is 6.04 Å². The van der Waals surface area contributed by atoms with Gasteiger partial charge in [-0.05, 0) is 18.8 Å². The van der Waals surface area contributed by atoms with Gasteiger partial charge in [0.15, 0.2) is 0 Å². The van der Waals surface area contributed by atoms with Crippen LogP contribution in [0.25, 0.3) is 0 Å². The van der Waals surface area contributed by atoms with Crippen molar-refractivity contribution < 1.29 is 5.11 Å². The van der Waals surface area contributed by atoms with Crippen molar-refractivity contribution in [2.24, 2.45) is 5.92 Å². The molecule has 0 radical (unpaired) electrons. The molecule has 3 nitrogen and oxygen atoms in total. The van der Waals surface area contributed by atoms with Gasteiger partial charge in [-0.2, -0.15) is 5.10 Å². The number of hydrogen-bond acceptors (Lipinski definition) is 2. The van der Waals surface area contributed by atoms with Crippen molar-refractivity contribution in [3.05, 3.63) is 18.0 Å². The van der Waals surface area contributed by atoms with Crippen LogP contribution in [0.1, 0.15) is 50.6 Å². The minimum atomic E-state index is 0.101. The maximum atomic E-state index is 9.02. The first-order chi connectivity index (χ1) is 7.35. The molecular weight excluding hydrogens is 188 g/mol. The topological polar surface area (TPSA) is 38.0 Å². The van der Waals surface area contributed by atoms with E-state index in [1.54, 1.807) is 6.20 Å². The zero-order chi connectivity index (χ0) is 10.7. The summed E-state index contributed by atoms with van der Waals surface area (Å²) in [5, 5.41) is 13.4. The maximum absolute atomic E-state index is 9.02. The van der Waals surface area contributed by atoms with Crippen LogP contribution in [0.5, 0.6) is 0 Å². The van der Waals surface area contributed by atoms with Crippen LogP contribution in [0.3, 0.4) is 0 Å². The molecule has 1 N–H and O–H groups in total. The van der Waals surface area contributed by atoms with E-state index >= 15 is 0 Å². The fourth-order valence-electron chi connectivity index (χ4n) is 2.65. The molecule has 1 heterocycles. The summed E-state index contributed by atoms with van der Waals surface area (Å²) in [4.78, 5) is 0. The molecule has 1 aromatic heterocycles. The number of aliphatic hydroxyl groups excluding tert-OH is 1. The summed E-state index contributed by atoms with van der Waals surface area (Å²) in [6.45, 7) is 2.36. The monoisotopic (exact) mass is 208 g/mol. The highest BCUT2D eigenvalue weighted by Crippen LogP contribution is 2.35. The van der Waals surface area contributed by atoms with E-state index in [1.165, 1.54) is 32.1 Å². The fraction of sp³-hybridized carbons (Fsp3) is 0.750. The highest BCUT2D eigenvalue weighted by atomic mass is 16.3. The third kappa shape index (κ3) is 2.23. The molecule has 0 aliphatic heterocycles. The molecule has 1 saturated carbocycles. The first-order valence-corrected chi connectivity index (χ1v) is 5.99. The molecule has 0 spiro atoms. The molecule has 2 rings (SSSR count). The summed E-state index contributed by atoms with van der Waals surface area (Å²) in [6.07, 6.45) is 10.3. The second-order valence-corrected chi connectivity index (χ2v) is 4.51. The van der Waals surface area contributed by atoms with E-state index in [1.807, 2.05) is 6.20 Å². The third-order valence-electron chi connectivity index (χ3n) is 3.57. The third-order valence-corrected chi connectivity index (χ3v) is 3.57. The van der Waals surface area contributed by atoms with Gasteiger partial charge in [0.25, 0.3) is 0 Å². The summed E-state index contributed by atoms with van der Waals surface area (Å²) in [5.74, 6) is 0.769. The molecule has 0 aromatic carbocycles. The van der Waals surface area contributed by atoms with Crippen LogP contribution < -0.4 is 0 Å². The molecule has 3 heteroatoms. The Morgan fingerprint density at radius 3 is 2.93 bits per heavy atom. The summed E-state index contributed by atoms with van der Waals surface area (Å²) in [6, 6.07) is 0.559. The van der Waals surface area contributed by atoms with E-state index in [0.717, 1.165) is 11.5 Å². The van der Waals surface area contributed by atoms with Crippen molar-refractivity contribution in [1.29, 1.82) is 0 Å². The van der Waals surface area contributed by atoms with E-state index < -0.39 is 0 Å². The van der Waals surface area contributed by atoms with Gasteiger partial charge >= 0.3 is 0 Å². The molecule has 1 aliphatic carbocycles. The Bertz CT molecular complexity index is 308. The summed E-state index contributed by atoms with van der Waals surface area (Å²) >= 11 is 0. The molecule has 0 saturated heterocycles. The van der Waals surface area contributed by atoms with Gasteiger partial charge in [-0.1, -0.05) is 26.2 Å². The number of nitrogens with zero attached hydrogens (tertiary/aromatic N) is 2. The number of aliphatic hydroxyl groups is 1. The predicted molar refractivity (Wildman–Crippen MR) is 59.4 cm³/mol. The lowest BCUT2D eigenvalue weighted by molar-refractivity contribution is 0.217. The van der Waals surface area contributed by atoms with Crippen LogP contribution in [0.4, 0.5) is 0 Å². The zero-order valence-corrected chi connectivity index (χ0v) is 9.39. The summed E-state index contributed by atoms with van der Waals surface area (Å²) in [7, 11) is 0. The van der Waals surface area contributed by atoms with Crippen LogP contribution in [0.2, 0.25) is 0 Å². The Morgan fingerprint density at radius 1 is 1.47 bits per heavy atom. The SMILES string of the molecule is CCC1CCCCC1n1cc(CO)cn1. The second-order valence-electron chi connectivity index (χ2n) is 4.51. The molecule has 2 unspecified atom stereocenters. The van der Waals surface area contributed by atoms with Crippen LogP contribution in [-0.2, 0) is 6.61 Å². The Morgan fingerprint density at radius 2 is 2.27 bits per heavy atom. The van der Waals surface area contributed by atoms with E-state index in [2.05, 4.69) is 16.7 Å². The zero-order valence-electron chi connectivity index (χ0n) is 9.39. The maximum Gasteiger partial charge on any atom is 0.0712 e. The first kappa shape index (κ1) is 10.7. The molecule has 0 amide bonds. The van der Waals surface area contributed by atoms with E-state index in [4.69, 9.17) is 5.11 Å². The standard InChI is InChI=1S/C12H20N2O/c1-2-11-5-3-4-6-12(11)14-8-10(9-15)7-13-14/h7-8,11-12,15H,2-6,9H2,1H3. The molecule has 15 heavy (non-hydrogen) atoms. The van der Waals surface area contributed by atoms with Crippen molar-refractivity contribution in [2.45, 2.75) is 51.7 Å². The van der Waals surface area contributed by atoms with Crippen molar-refractivity contribution >= 4 is 0 Å². The van der Waals surface area contributed by atoms with Crippen LogP contribution >= 0.6 is 0 Å². The Hall–Kier alpha value is -0.830. The molecule has 1 fully saturated rings. The van der Waals surface area contributed by atoms with Crippen molar-refractivity contribution in [3.8, 4) is 0 Å². The van der Waals surface area contributed by atoms with Gasteiger partial charge < -0.3 is 5.11 Å². The number of aromatic nitrogens is 2. The fourth-order valence-corrected chi connectivity index (χ4v) is 2.65. The molecule has 84 valence electrons. The average Bonchev–Trinajstić information content (AvgIpc) is 2.77. The van der Waals surface area contributed by atoms with Crippen LogP contribution in [0, 0.1) is 5.92 Å². The highest BCUT2D eigenvalue weighted by molar-refractivity contribution is 5.03. The Kier molecular flexibility index (Phi) is 3.41. The summed E-state index contributed by atoms with van der Waals surface area (Å²) in [5.41, 5.74) is 0.926. The van der Waals surface area contributed by atoms with Gasteiger partial charge in [0.1, 0.15) is 0 Å². The lowest BCUT2D eigenvalue weighted by atomic mass is 9.83. The Labute approximate surface area is 91.1 Å². The number of rotatable bonds is 3. The molecule has 1 aliphatic rings. The molecular formula is C12H20N2O. The smallest absolute Gasteiger partial charge is 0.0712 e. The molecule has 2 atom stereocenters. The van der Waals surface area contributed by atoms with E-state index in [-0.39, 0.29) is 6.61 Å². The lowest BCUT2D eigenvalue weighted by Gasteiger charge is -2.30. The van der Waals surface area contributed by atoms with Gasteiger partial charge in [-0.15, -0.1) is 0 Å². The van der Waals surface area contributed by atoms with Gasteiger partial charge in [0.2, 0.25) is 0 Å². The Balaban J connectivity index is 2.12. The van der Waals surface area contributed by atoms with Crippen LogP contribution in [0.15, 0.2) is 12.4 Å². The van der Waals surface area contributed by atoms with Crippen molar-refractivity contribution in [1.82, 2.24) is 9.78 Å². The van der Waals surface area contributed by atoms with Gasteiger partial charge in [0, 0.05) is 11.8 Å². The number of hydrogen-bond donors (Lipinski definition) is 1. The highest BCUT2D eigenvalue weighted by Gasteiger charge is 2.25. The minimum absolute atomic E-state index is 0.101. The average molecular weight is 208 g/mol. The first-order valence-electron chi connectivity index (χ1n) is 5.99. The van der Waals surface area contributed by atoms with Crippen LogP contribution in [-0.4, -0.2) is 14.9 Å². The molecule has 1 aromatic rings. The second kappa shape index (κ2) is 4.79. The van der Waals surface area contributed by atoms with Gasteiger partial charge in [-0.3, -0.25) is 4.68 Å². The minimum Gasteiger partial charge on any atom is -0.392 e. The quantitative estimate of drug-likeness (QED) is 0.828. The largest absolute Gasteiger partial charge is 0.392 e. The lowest BCUT2D eigenvalue weighted by Crippen LogP contribution is -2.23. The molecule has 0 bridgehead atoms. The van der Waals surface area contributed by atoms with Crippen molar-refractivity contribution in [3.63, 3.8) is 0 Å². The van der Waals surface area contributed by atoms with Gasteiger partial charge in [0.05, 0.1) is 18.8 Å². The normalized spacial score (nSPS) is 26.8. The summed E-state index contributed by atoms with van der Waals surface area (Å²) < 4.78 is 2.07. The predicted octanol–water partition coefficient (Wildman–Crippen LogP) is 2.52. The van der Waals surface area contributed by atoms with Crippen molar-refractivity contribution in [2.75, 3.05) is 0 Å².